The zero-order valence-corrected chi connectivity index (χ0v) is 8.80. The molecule has 2 rings (SSSR count). The monoisotopic (exact) mass is 235 g/mol. The summed E-state index contributed by atoms with van der Waals surface area (Å²) in [6, 6.07) is 2.96. The maximum Gasteiger partial charge on any atom is 0.255 e. The molecule has 5 nitrogen and oxygen atoms in total. The second kappa shape index (κ2) is 4.73. The lowest BCUT2D eigenvalue weighted by Gasteiger charge is -2.14. The number of aromatic nitrogens is 1. The Morgan fingerprint density at radius 3 is 2.65 bits per heavy atom. The number of hydrogen-bond acceptors (Lipinski definition) is 4. The Morgan fingerprint density at radius 2 is 2.00 bits per heavy atom. The predicted molar refractivity (Wildman–Crippen MR) is 55.6 cm³/mol. The third kappa shape index (κ3) is 2.47. The van der Waals surface area contributed by atoms with Crippen molar-refractivity contribution in [2.45, 2.75) is 0 Å². The van der Waals surface area contributed by atoms with Crippen molar-refractivity contribution in [3.05, 3.63) is 36.4 Å². The molecule has 1 aliphatic heterocycles. The zero-order chi connectivity index (χ0) is 12.3. The molecule has 0 atom stereocenters. The summed E-state index contributed by atoms with van der Waals surface area (Å²) < 4.78 is 18.1. The van der Waals surface area contributed by atoms with Gasteiger partial charge in [-0.05, 0) is 12.1 Å². The van der Waals surface area contributed by atoms with E-state index in [9.17, 15) is 14.0 Å². The van der Waals surface area contributed by atoms with E-state index in [1.807, 2.05) is 0 Å². The van der Waals surface area contributed by atoms with Crippen molar-refractivity contribution in [1.29, 1.82) is 0 Å². The van der Waals surface area contributed by atoms with Crippen molar-refractivity contribution >= 4 is 11.8 Å². The Balaban J connectivity index is 1.86. The lowest BCUT2D eigenvalue weighted by atomic mass is 10.4. The van der Waals surface area contributed by atoms with E-state index < -0.39 is 5.95 Å². The SMILES string of the molecule is O=C1C=CC(=O)N1CCOc1cccnc1[18F]. The zero-order valence-electron chi connectivity index (χ0n) is 8.80. The van der Waals surface area contributed by atoms with Gasteiger partial charge in [0.25, 0.3) is 17.8 Å². The molecule has 1 aromatic rings. The molecule has 0 unspecified atom stereocenters. The second-order valence-corrected chi connectivity index (χ2v) is 3.30. The van der Waals surface area contributed by atoms with Gasteiger partial charge in [-0.15, -0.1) is 0 Å². The van der Waals surface area contributed by atoms with Gasteiger partial charge in [-0.25, -0.2) is 4.98 Å². The molecule has 2 amide bonds. The minimum absolute atomic E-state index is 0.000413. The average Bonchev–Trinajstić information content (AvgIpc) is 2.63. The summed E-state index contributed by atoms with van der Waals surface area (Å²) in [6.45, 7) is 0.112. The number of halogens is 1. The van der Waals surface area contributed by atoms with Crippen molar-refractivity contribution in [2.75, 3.05) is 13.2 Å². The number of hydrogen-bond donors (Lipinski definition) is 0. The highest BCUT2D eigenvalue weighted by Crippen LogP contribution is 2.13. The molecule has 0 aromatic carbocycles. The number of rotatable bonds is 4. The van der Waals surface area contributed by atoms with Crippen LogP contribution >= 0.6 is 0 Å². The molecular weight excluding hydrogens is 226 g/mol. The summed E-state index contributed by atoms with van der Waals surface area (Å²) in [4.78, 5) is 26.8. The fourth-order valence-corrected chi connectivity index (χ4v) is 1.38. The number of amides is 2. The minimum atomic E-state index is -0.718. The van der Waals surface area contributed by atoms with Crippen molar-refractivity contribution < 1.29 is 18.7 Å². The highest BCUT2D eigenvalue weighted by Gasteiger charge is 2.22. The smallest absolute Gasteiger partial charge is 0.255 e. The Morgan fingerprint density at radius 1 is 1.29 bits per heavy atom. The number of carbonyl (C=O) groups excluding carboxylic acids is 2. The first-order valence-corrected chi connectivity index (χ1v) is 4.95. The molecule has 6 heteroatoms. The van der Waals surface area contributed by atoms with Crippen LogP contribution in [0, 0.1) is 5.95 Å². The average molecular weight is 235 g/mol. The Labute approximate surface area is 96.5 Å². The van der Waals surface area contributed by atoms with E-state index in [0.717, 1.165) is 4.90 Å². The van der Waals surface area contributed by atoms with Gasteiger partial charge in [0.2, 0.25) is 0 Å². The van der Waals surface area contributed by atoms with Gasteiger partial charge in [0, 0.05) is 18.3 Å². The summed E-state index contributed by atoms with van der Waals surface area (Å²) >= 11 is 0. The summed E-state index contributed by atoms with van der Waals surface area (Å²) in [7, 11) is 0. The van der Waals surface area contributed by atoms with Crippen molar-refractivity contribution in [1.82, 2.24) is 9.88 Å². The molecule has 17 heavy (non-hydrogen) atoms. The lowest BCUT2D eigenvalue weighted by Crippen LogP contribution is -2.33. The third-order valence-electron chi connectivity index (χ3n) is 2.20. The van der Waals surface area contributed by atoms with Crippen LogP contribution in [-0.4, -0.2) is 34.8 Å². The van der Waals surface area contributed by atoms with E-state index in [0.29, 0.717) is 0 Å². The van der Waals surface area contributed by atoms with Crippen molar-refractivity contribution in [3.8, 4) is 5.75 Å². The van der Waals surface area contributed by atoms with Crippen LogP contribution in [0.1, 0.15) is 0 Å². The van der Waals surface area contributed by atoms with E-state index in [-0.39, 0.29) is 30.7 Å². The van der Waals surface area contributed by atoms with Gasteiger partial charge in [0.1, 0.15) is 6.61 Å². The fourth-order valence-electron chi connectivity index (χ4n) is 1.38. The highest BCUT2D eigenvalue weighted by molar-refractivity contribution is 6.12. The Kier molecular flexibility index (Phi) is 3.13. The van der Waals surface area contributed by atoms with Crippen LogP contribution in [-0.2, 0) is 9.59 Å². The fraction of sp³-hybridized carbons (Fsp3) is 0.182. The number of nitrogens with zero attached hydrogens (tertiary/aromatic N) is 2. The van der Waals surface area contributed by atoms with Gasteiger partial charge >= 0.3 is 0 Å². The van der Waals surface area contributed by atoms with Gasteiger partial charge in [-0.3, -0.25) is 14.5 Å². The van der Waals surface area contributed by atoms with E-state index >= 15 is 0 Å². The van der Waals surface area contributed by atoms with Gasteiger partial charge in [-0.2, -0.15) is 4.39 Å². The summed E-state index contributed by atoms with van der Waals surface area (Å²) in [5, 5.41) is 0. The molecule has 88 valence electrons. The third-order valence-corrected chi connectivity index (χ3v) is 2.20. The number of imide groups is 1. The maximum absolute atomic E-state index is 13.0. The molecule has 0 radical (unpaired) electrons. The second-order valence-electron chi connectivity index (χ2n) is 3.30. The number of pyridine rings is 1. The standard InChI is InChI=1S/C11H9FN2O3/c12-11-8(2-1-5-13-11)17-7-6-14-9(15)3-4-10(14)16/h1-5H,6-7H2/i12-1. The van der Waals surface area contributed by atoms with Crippen LogP contribution in [0.4, 0.5) is 4.39 Å². The largest absolute Gasteiger partial charge is 0.487 e. The van der Waals surface area contributed by atoms with Crippen LogP contribution < -0.4 is 4.74 Å². The van der Waals surface area contributed by atoms with E-state index in [1.165, 1.54) is 30.5 Å². The van der Waals surface area contributed by atoms with E-state index in [2.05, 4.69) is 4.98 Å². The number of ether oxygens (including phenoxy) is 1. The maximum atomic E-state index is 13.0. The molecule has 0 bridgehead atoms. The topological polar surface area (TPSA) is 59.5 Å². The van der Waals surface area contributed by atoms with Crippen LogP contribution in [0.25, 0.3) is 0 Å². The lowest BCUT2D eigenvalue weighted by molar-refractivity contribution is -0.137. The first kappa shape index (κ1) is 11.3. The van der Waals surface area contributed by atoms with Gasteiger partial charge < -0.3 is 4.74 Å². The first-order chi connectivity index (χ1) is 8.18. The first-order valence-electron chi connectivity index (χ1n) is 4.95. The Hall–Kier alpha value is -2.24. The van der Waals surface area contributed by atoms with E-state index in [1.54, 1.807) is 0 Å². The van der Waals surface area contributed by atoms with Gasteiger partial charge in [0.05, 0.1) is 6.54 Å². The summed E-state index contributed by atoms with van der Waals surface area (Å²) in [5.41, 5.74) is 0. The number of carbonyl (C=O) groups is 2. The van der Waals surface area contributed by atoms with Crippen LogP contribution in [0.3, 0.4) is 0 Å². The molecule has 1 aliphatic rings. The van der Waals surface area contributed by atoms with Crippen LogP contribution in [0.15, 0.2) is 30.5 Å². The molecule has 0 spiro atoms. The van der Waals surface area contributed by atoms with Crippen molar-refractivity contribution in [3.63, 3.8) is 0 Å². The van der Waals surface area contributed by atoms with E-state index in [4.69, 9.17) is 4.74 Å². The van der Waals surface area contributed by atoms with Crippen LogP contribution in [0.2, 0.25) is 0 Å². The molecule has 0 saturated carbocycles. The molecule has 0 N–H and O–H groups in total. The van der Waals surface area contributed by atoms with Crippen LogP contribution in [0.5, 0.6) is 5.75 Å². The molecule has 2 heterocycles. The Bertz CT molecular complexity index is 469. The quantitative estimate of drug-likeness (QED) is 0.564. The van der Waals surface area contributed by atoms with Gasteiger partial charge in [-0.1, -0.05) is 0 Å². The molecule has 0 saturated heterocycles. The molecule has 0 fully saturated rings. The normalized spacial score (nSPS) is 14.5. The molecular formula is C11H9FN2O3. The van der Waals surface area contributed by atoms with Gasteiger partial charge in [0.15, 0.2) is 5.75 Å². The highest BCUT2D eigenvalue weighted by atomic mass is 18.2. The minimum Gasteiger partial charge on any atom is -0.487 e. The van der Waals surface area contributed by atoms with Crippen molar-refractivity contribution in [2.24, 2.45) is 0 Å². The summed E-state index contributed by atoms with van der Waals surface area (Å²) in [6.07, 6.45) is 3.68. The predicted octanol–water partition coefficient (Wildman–Crippen LogP) is 0.524. The molecule has 1 aromatic heterocycles. The molecule has 0 aliphatic carbocycles. The summed E-state index contributed by atoms with van der Waals surface area (Å²) in [5.74, 6) is -1.49.